The highest BCUT2D eigenvalue weighted by molar-refractivity contribution is 6.17. The number of fused-ring (bicyclic) bond motifs is 3. The second kappa shape index (κ2) is 10.7. The van der Waals surface area contributed by atoms with Crippen LogP contribution in [0.15, 0.2) is 122 Å². The first kappa shape index (κ1) is 26.4. The predicted molar refractivity (Wildman–Crippen MR) is 174 cm³/mol. The number of hydrogen-bond donors (Lipinski definition) is 0. The third-order valence-corrected chi connectivity index (χ3v) is 8.17. The van der Waals surface area contributed by atoms with E-state index in [2.05, 4.69) is 58.1 Å². The Morgan fingerprint density at radius 1 is 0.523 bits per heavy atom. The van der Waals surface area contributed by atoms with Crippen LogP contribution in [-0.2, 0) is 0 Å². The SMILES string of the molecule is Cc1cc(C#N)c(-c2ccncc2)cc1-n1c2c(-c3ccccc3C#N)cccc2c2cccc(-c3ccccc3C#N)c21. The zero-order chi connectivity index (χ0) is 30.2. The molecule has 7 rings (SSSR count). The molecule has 0 spiro atoms. The van der Waals surface area contributed by atoms with Crippen LogP contribution in [0.2, 0.25) is 0 Å². The van der Waals surface area contributed by atoms with E-state index in [0.29, 0.717) is 16.7 Å². The summed E-state index contributed by atoms with van der Waals surface area (Å²) < 4.78 is 2.25. The van der Waals surface area contributed by atoms with E-state index in [1.54, 1.807) is 12.4 Å². The molecular weight excluding hydrogens is 538 g/mol. The van der Waals surface area contributed by atoms with Crippen LogP contribution >= 0.6 is 0 Å². The van der Waals surface area contributed by atoms with Gasteiger partial charge in [-0.3, -0.25) is 4.98 Å². The van der Waals surface area contributed by atoms with Gasteiger partial charge in [0.15, 0.2) is 0 Å². The summed E-state index contributed by atoms with van der Waals surface area (Å²) in [7, 11) is 0. The van der Waals surface area contributed by atoms with Crippen molar-refractivity contribution in [3.8, 4) is 57.3 Å². The molecule has 0 amide bonds. The largest absolute Gasteiger partial charge is 0.308 e. The molecule has 7 aromatic rings. The predicted octanol–water partition coefficient (Wildman–Crippen LogP) is 9.10. The summed E-state index contributed by atoms with van der Waals surface area (Å²) in [5.74, 6) is 0. The molecule has 0 unspecified atom stereocenters. The maximum Gasteiger partial charge on any atom is 0.0998 e. The van der Waals surface area contributed by atoms with Crippen LogP contribution in [0.5, 0.6) is 0 Å². The van der Waals surface area contributed by atoms with Crippen LogP contribution in [0.25, 0.3) is 60.9 Å². The third-order valence-electron chi connectivity index (χ3n) is 8.17. The first-order valence-electron chi connectivity index (χ1n) is 14.1. The third kappa shape index (κ3) is 4.11. The van der Waals surface area contributed by atoms with Gasteiger partial charge in [-0.2, -0.15) is 15.8 Å². The number of rotatable bonds is 4. The van der Waals surface area contributed by atoms with Crippen LogP contribution in [0.1, 0.15) is 22.3 Å². The molecule has 0 bridgehead atoms. The summed E-state index contributed by atoms with van der Waals surface area (Å²) in [6.07, 6.45) is 3.45. The minimum absolute atomic E-state index is 0.573. The van der Waals surface area contributed by atoms with E-state index >= 15 is 0 Å². The van der Waals surface area contributed by atoms with Gasteiger partial charge >= 0.3 is 0 Å². The second-order valence-electron chi connectivity index (χ2n) is 10.6. The Kier molecular flexibility index (Phi) is 6.44. The first-order chi connectivity index (χ1) is 21.6. The van der Waals surface area contributed by atoms with Crippen LogP contribution in [0.4, 0.5) is 0 Å². The lowest BCUT2D eigenvalue weighted by Crippen LogP contribution is -2.02. The molecule has 2 aromatic heterocycles. The number of nitrogens with zero attached hydrogens (tertiary/aromatic N) is 5. The monoisotopic (exact) mass is 561 g/mol. The summed E-state index contributed by atoms with van der Waals surface area (Å²) in [5.41, 5.74) is 10.7. The van der Waals surface area contributed by atoms with Gasteiger partial charge in [0.1, 0.15) is 0 Å². The van der Waals surface area contributed by atoms with Gasteiger partial charge < -0.3 is 4.57 Å². The summed E-state index contributed by atoms with van der Waals surface area (Å²) in [6, 6.07) is 42.6. The molecule has 0 aliphatic carbocycles. The Hall–Kier alpha value is -6.48. The normalized spacial score (nSPS) is 10.8. The summed E-state index contributed by atoms with van der Waals surface area (Å²) >= 11 is 0. The number of aryl methyl sites for hydroxylation is 1. The summed E-state index contributed by atoms with van der Waals surface area (Å²) in [6.45, 7) is 2.02. The standard InChI is InChI=1S/C39H23N5/c1-25-20-29(24-42)36(26-16-18-43-19-17-26)21-37(25)44-38-32(30-10-4-2-8-27(30)22-40)12-6-14-34(38)35-15-7-13-33(39(35)44)31-11-5-3-9-28(31)23-41/h2-21H,1H3. The lowest BCUT2D eigenvalue weighted by atomic mass is 9.96. The molecule has 0 radical (unpaired) electrons. The Labute approximate surface area is 254 Å². The Balaban J connectivity index is 1.71. The van der Waals surface area contributed by atoms with Crippen molar-refractivity contribution in [3.63, 3.8) is 0 Å². The topological polar surface area (TPSA) is 89.2 Å². The van der Waals surface area contributed by atoms with Crippen molar-refractivity contribution in [3.05, 3.63) is 144 Å². The maximum absolute atomic E-state index is 10.1. The molecule has 0 saturated heterocycles. The Bertz CT molecular complexity index is 2260. The van der Waals surface area contributed by atoms with Gasteiger partial charge in [0.25, 0.3) is 0 Å². The van der Waals surface area contributed by atoms with Crippen molar-refractivity contribution >= 4 is 21.8 Å². The van der Waals surface area contributed by atoms with Crippen molar-refractivity contribution in [2.24, 2.45) is 0 Å². The molecule has 5 nitrogen and oxygen atoms in total. The van der Waals surface area contributed by atoms with Crippen molar-refractivity contribution in [1.82, 2.24) is 9.55 Å². The fourth-order valence-corrected chi connectivity index (χ4v) is 6.22. The van der Waals surface area contributed by atoms with Gasteiger partial charge in [-0.15, -0.1) is 0 Å². The first-order valence-corrected chi connectivity index (χ1v) is 14.1. The molecule has 5 aromatic carbocycles. The Morgan fingerprint density at radius 3 is 1.55 bits per heavy atom. The van der Waals surface area contributed by atoms with Gasteiger partial charge in [-0.05, 0) is 54.4 Å². The highest BCUT2D eigenvalue weighted by Crippen LogP contribution is 2.44. The van der Waals surface area contributed by atoms with Crippen LogP contribution in [0, 0.1) is 40.9 Å². The van der Waals surface area contributed by atoms with Crippen LogP contribution in [-0.4, -0.2) is 9.55 Å². The van der Waals surface area contributed by atoms with E-state index in [0.717, 1.165) is 66.4 Å². The number of aromatic nitrogens is 2. The van der Waals surface area contributed by atoms with Crippen LogP contribution in [0.3, 0.4) is 0 Å². The van der Waals surface area contributed by atoms with Crippen molar-refractivity contribution in [2.45, 2.75) is 6.92 Å². The zero-order valence-electron chi connectivity index (χ0n) is 23.8. The van der Waals surface area contributed by atoms with Crippen molar-refractivity contribution in [2.75, 3.05) is 0 Å². The summed E-state index contributed by atoms with van der Waals surface area (Å²) in [4.78, 5) is 4.18. The molecule has 2 heterocycles. The van der Waals surface area contributed by atoms with Crippen molar-refractivity contribution < 1.29 is 0 Å². The van der Waals surface area contributed by atoms with Gasteiger partial charge in [0.2, 0.25) is 0 Å². The molecule has 0 atom stereocenters. The fourth-order valence-electron chi connectivity index (χ4n) is 6.22. The van der Waals surface area contributed by atoms with Crippen LogP contribution < -0.4 is 0 Å². The van der Waals surface area contributed by atoms with E-state index in [4.69, 9.17) is 0 Å². The number of para-hydroxylation sites is 2. The lowest BCUT2D eigenvalue weighted by Gasteiger charge is -2.18. The van der Waals surface area contributed by atoms with Gasteiger partial charge in [0.05, 0.1) is 45.9 Å². The van der Waals surface area contributed by atoms with E-state index in [1.165, 1.54) is 0 Å². The molecule has 0 aliphatic heterocycles. The molecule has 5 heteroatoms. The smallest absolute Gasteiger partial charge is 0.0998 e. The number of hydrogen-bond acceptors (Lipinski definition) is 4. The minimum atomic E-state index is 0.573. The van der Waals surface area contributed by atoms with E-state index in [9.17, 15) is 15.8 Å². The lowest BCUT2D eigenvalue weighted by molar-refractivity contribution is 1.15. The zero-order valence-corrected chi connectivity index (χ0v) is 23.8. The molecule has 0 aliphatic rings. The van der Waals surface area contributed by atoms with Gasteiger partial charge in [0, 0.05) is 56.7 Å². The molecule has 0 fully saturated rings. The average Bonchev–Trinajstić information content (AvgIpc) is 3.43. The molecule has 204 valence electrons. The second-order valence-corrected chi connectivity index (χ2v) is 10.6. The highest BCUT2D eigenvalue weighted by atomic mass is 15.0. The quantitative estimate of drug-likeness (QED) is 0.214. The summed E-state index contributed by atoms with van der Waals surface area (Å²) in [5, 5.41) is 32.3. The molecule has 0 N–H and O–H groups in total. The molecule has 0 saturated carbocycles. The minimum Gasteiger partial charge on any atom is -0.308 e. The number of benzene rings is 5. The molecular formula is C39H23N5. The van der Waals surface area contributed by atoms with Gasteiger partial charge in [-0.1, -0.05) is 72.8 Å². The van der Waals surface area contributed by atoms with E-state index in [1.807, 2.05) is 85.8 Å². The highest BCUT2D eigenvalue weighted by Gasteiger charge is 2.23. The Morgan fingerprint density at radius 2 is 1.02 bits per heavy atom. The number of nitriles is 3. The van der Waals surface area contributed by atoms with E-state index in [-0.39, 0.29) is 0 Å². The van der Waals surface area contributed by atoms with Crippen molar-refractivity contribution in [1.29, 1.82) is 15.8 Å². The average molecular weight is 562 g/mol. The molecule has 44 heavy (non-hydrogen) atoms. The maximum atomic E-state index is 10.1. The van der Waals surface area contributed by atoms with E-state index < -0.39 is 0 Å². The number of pyridine rings is 1. The fraction of sp³-hybridized carbons (Fsp3) is 0.0256. The van der Waals surface area contributed by atoms with Gasteiger partial charge in [-0.25, -0.2) is 0 Å².